The van der Waals surface area contributed by atoms with E-state index in [2.05, 4.69) is 46.4 Å². The first-order valence-electron chi connectivity index (χ1n) is 12.3. The zero-order chi connectivity index (χ0) is 24.8. The highest BCUT2D eigenvalue weighted by molar-refractivity contribution is 6.30. The van der Waals surface area contributed by atoms with Crippen LogP contribution in [0.5, 0.6) is 0 Å². The maximum absolute atomic E-state index is 13.3. The lowest BCUT2D eigenvalue weighted by Gasteiger charge is -2.10. The fourth-order valence-electron chi connectivity index (χ4n) is 4.19. The summed E-state index contributed by atoms with van der Waals surface area (Å²) in [6.07, 6.45) is 6.72. The van der Waals surface area contributed by atoms with Gasteiger partial charge in [0.2, 0.25) is 0 Å². The zero-order valence-electron chi connectivity index (χ0n) is 20.5. The minimum Gasteiger partial charge on any atom is -0.290 e. The lowest BCUT2D eigenvalue weighted by atomic mass is 10.0. The van der Waals surface area contributed by atoms with Gasteiger partial charge in [-0.05, 0) is 53.3 Å². The number of nitrogens with one attached hydrogen (secondary N) is 1. The number of aromatic nitrogens is 7. The van der Waals surface area contributed by atoms with E-state index in [1.807, 2.05) is 41.0 Å². The number of H-pyrrole nitrogens is 1. The Kier molecular flexibility index (Phi) is 8.13. The molecule has 0 fully saturated rings. The van der Waals surface area contributed by atoms with Crippen molar-refractivity contribution in [2.75, 3.05) is 0 Å². The van der Waals surface area contributed by atoms with Crippen LogP contribution in [0.4, 0.5) is 0 Å². The number of unbranched alkanes of at least 4 members (excludes halogenated alkanes) is 2. The number of pyridine rings is 1. The molecule has 0 atom stereocenters. The summed E-state index contributed by atoms with van der Waals surface area (Å²) in [7, 11) is 0. The van der Waals surface area contributed by atoms with Crippen LogP contribution in [0.25, 0.3) is 22.6 Å². The summed E-state index contributed by atoms with van der Waals surface area (Å²) in [6, 6.07) is 11.9. The van der Waals surface area contributed by atoms with Crippen LogP contribution in [-0.4, -0.2) is 34.7 Å². The molecule has 0 saturated carbocycles. The quantitative estimate of drug-likeness (QED) is 0.283. The second-order valence-electron chi connectivity index (χ2n) is 9.24. The van der Waals surface area contributed by atoms with E-state index in [4.69, 9.17) is 11.6 Å². The molecule has 3 aromatic heterocycles. The van der Waals surface area contributed by atoms with Crippen LogP contribution >= 0.6 is 11.6 Å². The predicted octanol–water partition coefficient (Wildman–Crippen LogP) is 5.37. The third kappa shape index (κ3) is 5.70. The number of benzene rings is 1. The van der Waals surface area contributed by atoms with Crippen LogP contribution in [0.2, 0.25) is 5.15 Å². The molecule has 0 aliphatic rings. The SMILES string of the molecule is CCCCCc1c(Cl)n(CCC(C)C)c(=O)n1Cc1ccc(-c2ncccc2-c2nnn[nH]2)cc1. The molecule has 4 rings (SSSR count). The van der Waals surface area contributed by atoms with Gasteiger partial charge in [-0.1, -0.05) is 69.5 Å². The normalized spacial score (nSPS) is 11.5. The monoisotopic (exact) mass is 493 g/mol. The van der Waals surface area contributed by atoms with Gasteiger partial charge in [0.25, 0.3) is 0 Å². The van der Waals surface area contributed by atoms with Crippen LogP contribution < -0.4 is 5.69 Å². The smallest absolute Gasteiger partial charge is 0.290 e. The maximum Gasteiger partial charge on any atom is 0.329 e. The van der Waals surface area contributed by atoms with E-state index in [0.29, 0.717) is 30.0 Å². The number of aromatic amines is 1. The summed E-state index contributed by atoms with van der Waals surface area (Å²) in [4.78, 5) is 17.9. The summed E-state index contributed by atoms with van der Waals surface area (Å²) in [5, 5.41) is 14.8. The van der Waals surface area contributed by atoms with Crippen molar-refractivity contribution < 1.29 is 0 Å². The van der Waals surface area contributed by atoms with Crippen molar-refractivity contribution in [3.63, 3.8) is 0 Å². The van der Waals surface area contributed by atoms with Gasteiger partial charge in [-0.2, -0.15) is 0 Å². The van der Waals surface area contributed by atoms with Gasteiger partial charge in [-0.3, -0.25) is 14.1 Å². The topological polar surface area (TPSA) is 94.3 Å². The van der Waals surface area contributed by atoms with Crippen molar-refractivity contribution >= 4 is 11.6 Å². The van der Waals surface area contributed by atoms with Crippen molar-refractivity contribution in [2.45, 2.75) is 66.0 Å². The van der Waals surface area contributed by atoms with Gasteiger partial charge >= 0.3 is 5.69 Å². The summed E-state index contributed by atoms with van der Waals surface area (Å²) in [5.41, 5.74) is 4.50. The molecule has 8 nitrogen and oxygen atoms in total. The number of tetrazole rings is 1. The molecule has 0 unspecified atom stereocenters. The number of hydrogen-bond donors (Lipinski definition) is 1. The Balaban J connectivity index is 1.62. The lowest BCUT2D eigenvalue weighted by Crippen LogP contribution is -2.26. The molecular formula is C26H32ClN7O. The minimum absolute atomic E-state index is 0.0314. The van der Waals surface area contributed by atoms with Crippen molar-refractivity contribution in [3.8, 4) is 22.6 Å². The van der Waals surface area contributed by atoms with E-state index in [9.17, 15) is 4.79 Å². The standard InChI is InChI=1S/C26H32ClN7O/c1-4-5-6-9-22-24(27)33(16-14-18(2)3)26(35)34(22)17-19-10-12-20(13-11-19)23-21(8-7-15-28-23)25-29-31-32-30-25/h7-8,10-13,15,18H,4-6,9,14,16-17H2,1-3H3,(H,29,30,31,32). The molecule has 0 amide bonds. The number of halogens is 1. The average Bonchev–Trinajstić information content (AvgIpc) is 3.47. The number of rotatable bonds is 11. The van der Waals surface area contributed by atoms with E-state index >= 15 is 0 Å². The van der Waals surface area contributed by atoms with E-state index in [0.717, 1.165) is 60.2 Å². The van der Waals surface area contributed by atoms with Crippen molar-refractivity contribution in [1.82, 2.24) is 34.7 Å². The van der Waals surface area contributed by atoms with E-state index in [1.54, 1.807) is 10.8 Å². The highest BCUT2D eigenvalue weighted by atomic mass is 35.5. The third-order valence-corrected chi connectivity index (χ3v) is 6.61. The molecule has 0 bridgehead atoms. The first-order valence-corrected chi connectivity index (χ1v) is 12.6. The van der Waals surface area contributed by atoms with Gasteiger partial charge in [-0.15, -0.1) is 5.10 Å². The Morgan fingerprint density at radius 1 is 1.09 bits per heavy atom. The molecule has 35 heavy (non-hydrogen) atoms. The molecule has 0 saturated heterocycles. The molecule has 4 aromatic rings. The largest absolute Gasteiger partial charge is 0.329 e. The fraction of sp³-hybridized carbons (Fsp3) is 0.423. The first-order chi connectivity index (χ1) is 17.0. The number of hydrogen-bond acceptors (Lipinski definition) is 5. The number of imidazole rings is 1. The summed E-state index contributed by atoms with van der Waals surface area (Å²) >= 11 is 6.75. The molecule has 9 heteroatoms. The Labute approximate surface area is 210 Å². The Hall–Kier alpha value is -3.26. The van der Waals surface area contributed by atoms with E-state index < -0.39 is 0 Å². The van der Waals surface area contributed by atoms with Gasteiger partial charge in [-0.25, -0.2) is 9.89 Å². The molecule has 0 spiro atoms. The van der Waals surface area contributed by atoms with E-state index in [1.165, 1.54) is 0 Å². The highest BCUT2D eigenvalue weighted by Gasteiger charge is 2.19. The van der Waals surface area contributed by atoms with Crippen molar-refractivity contribution in [1.29, 1.82) is 0 Å². The van der Waals surface area contributed by atoms with Crippen molar-refractivity contribution in [2.24, 2.45) is 5.92 Å². The molecule has 1 aromatic carbocycles. The van der Waals surface area contributed by atoms with Gasteiger partial charge in [0.15, 0.2) is 5.82 Å². The minimum atomic E-state index is -0.0314. The Morgan fingerprint density at radius 2 is 1.89 bits per heavy atom. The van der Waals surface area contributed by atoms with Gasteiger partial charge in [0, 0.05) is 23.9 Å². The lowest BCUT2D eigenvalue weighted by molar-refractivity contribution is 0.503. The summed E-state index contributed by atoms with van der Waals surface area (Å²) in [6.45, 7) is 7.62. The fourth-order valence-corrected chi connectivity index (χ4v) is 4.54. The molecular weight excluding hydrogens is 462 g/mol. The van der Waals surface area contributed by atoms with Crippen LogP contribution in [-0.2, 0) is 19.5 Å². The second-order valence-corrected chi connectivity index (χ2v) is 9.60. The predicted molar refractivity (Wildman–Crippen MR) is 138 cm³/mol. The Morgan fingerprint density at radius 3 is 2.57 bits per heavy atom. The van der Waals surface area contributed by atoms with Crippen LogP contribution in [0, 0.1) is 5.92 Å². The molecule has 0 aliphatic heterocycles. The van der Waals surface area contributed by atoms with Gasteiger partial charge in [0.05, 0.1) is 17.9 Å². The second kappa shape index (κ2) is 11.4. The summed E-state index contributed by atoms with van der Waals surface area (Å²) < 4.78 is 3.59. The Bertz CT molecular complexity index is 1290. The van der Waals surface area contributed by atoms with Crippen molar-refractivity contribution in [3.05, 3.63) is 69.5 Å². The number of nitrogens with zero attached hydrogens (tertiary/aromatic N) is 6. The van der Waals surface area contributed by atoms with Gasteiger partial charge in [0.1, 0.15) is 5.15 Å². The van der Waals surface area contributed by atoms with E-state index in [-0.39, 0.29) is 5.69 Å². The molecule has 0 aliphatic carbocycles. The zero-order valence-corrected chi connectivity index (χ0v) is 21.3. The van der Waals surface area contributed by atoms with Crippen LogP contribution in [0.1, 0.15) is 57.7 Å². The average molecular weight is 494 g/mol. The summed E-state index contributed by atoms with van der Waals surface area (Å²) in [5.74, 6) is 1.07. The first kappa shape index (κ1) is 24.9. The van der Waals surface area contributed by atoms with Gasteiger partial charge < -0.3 is 0 Å². The van der Waals surface area contributed by atoms with Crippen LogP contribution in [0.3, 0.4) is 0 Å². The molecule has 1 N–H and O–H groups in total. The third-order valence-electron chi connectivity index (χ3n) is 6.19. The maximum atomic E-state index is 13.3. The highest BCUT2D eigenvalue weighted by Crippen LogP contribution is 2.28. The molecule has 184 valence electrons. The molecule has 0 radical (unpaired) electrons. The molecule has 3 heterocycles. The van der Waals surface area contributed by atoms with Crippen LogP contribution in [0.15, 0.2) is 47.4 Å².